The molecule has 7 nitrogen and oxygen atoms in total. The second-order valence-corrected chi connectivity index (χ2v) is 14.9. The Morgan fingerprint density at radius 1 is 1.09 bits per heavy atom. The Bertz CT molecular complexity index is 1520. The highest BCUT2D eigenvalue weighted by molar-refractivity contribution is 7.19. The van der Waals surface area contributed by atoms with E-state index in [0.717, 1.165) is 66.2 Å². The summed E-state index contributed by atoms with van der Waals surface area (Å²) >= 11 is 1.66. The summed E-state index contributed by atoms with van der Waals surface area (Å²) in [5.41, 5.74) is 5.99. The van der Waals surface area contributed by atoms with Crippen molar-refractivity contribution in [2.75, 3.05) is 37.7 Å². The van der Waals surface area contributed by atoms with Crippen LogP contribution in [0, 0.1) is 5.41 Å². The van der Waals surface area contributed by atoms with Gasteiger partial charge in [-0.3, -0.25) is 19.5 Å². The molecule has 2 aliphatic heterocycles. The maximum Gasteiger partial charge on any atom is 0.323 e. The number of fused-ring (bicyclic) bond motifs is 1. The Hall–Kier alpha value is -3.07. The highest BCUT2D eigenvalue weighted by Gasteiger charge is 2.37. The van der Waals surface area contributed by atoms with E-state index in [0.29, 0.717) is 26.2 Å². The summed E-state index contributed by atoms with van der Waals surface area (Å²) in [5.74, 6) is 0.123. The molecule has 0 bridgehead atoms. The lowest BCUT2D eigenvalue weighted by molar-refractivity contribution is -0.160. The number of aromatic nitrogens is 1. The van der Waals surface area contributed by atoms with Crippen LogP contribution in [0.2, 0.25) is 0 Å². The molecule has 43 heavy (non-hydrogen) atoms. The number of likely N-dealkylation sites (tertiary alicyclic amines) is 1. The van der Waals surface area contributed by atoms with Gasteiger partial charge in [0.1, 0.15) is 11.6 Å². The number of Topliss-reactive ketones (excluding diaryl/α,β-unsaturated/α-hetero) is 1. The van der Waals surface area contributed by atoms with Crippen molar-refractivity contribution < 1.29 is 19.1 Å². The number of benzene rings is 1. The predicted octanol–water partition coefficient (Wildman–Crippen LogP) is 6.77. The molecule has 1 aromatic carbocycles. The molecule has 4 heterocycles. The summed E-state index contributed by atoms with van der Waals surface area (Å²) in [6.45, 7) is 14.8. The highest BCUT2D eigenvalue weighted by atomic mass is 32.1. The van der Waals surface area contributed by atoms with Crippen molar-refractivity contribution in [1.29, 1.82) is 0 Å². The van der Waals surface area contributed by atoms with Crippen LogP contribution in [0.15, 0.2) is 42.6 Å². The number of thiophene rings is 1. The molecular formula is C35H43N3O4S. The molecule has 2 fully saturated rings. The van der Waals surface area contributed by atoms with Crippen LogP contribution in [0.25, 0.3) is 22.4 Å². The first kappa shape index (κ1) is 30.0. The van der Waals surface area contributed by atoms with Crippen LogP contribution in [0.4, 0.5) is 5.00 Å². The summed E-state index contributed by atoms with van der Waals surface area (Å²) in [6, 6.07) is 12.5. The molecule has 0 radical (unpaired) electrons. The van der Waals surface area contributed by atoms with Crippen molar-refractivity contribution in [2.45, 2.75) is 78.5 Å². The zero-order valence-electron chi connectivity index (χ0n) is 26.1. The molecule has 8 heteroatoms. The predicted molar refractivity (Wildman–Crippen MR) is 172 cm³/mol. The monoisotopic (exact) mass is 601 g/mol. The van der Waals surface area contributed by atoms with Crippen molar-refractivity contribution in [3.8, 4) is 22.4 Å². The normalized spacial score (nSPS) is 20.7. The molecular weight excluding hydrogens is 558 g/mol. The van der Waals surface area contributed by atoms with Crippen LogP contribution in [-0.2, 0) is 27.2 Å². The van der Waals surface area contributed by atoms with Gasteiger partial charge in [-0.25, -0.2) is 0 Å². The van der Waals surface area contributed by atoms with Crippen LogP contribution < -0.4 is 4.90 Å². The third-order valence-corrected chi connectivity index (χ3v) is 9.87. The Kier molecular flexibility index (Phi) is 8.22. The summed E-state index contributed by atoms with van der Waals surface area (Å²) in [4.78, 5) is 36.5. The van der Waals surface area contributed by atoms with Gasteiger partial charge in [0, 0.05) is 43.4 Å². The van der Waals surface area contributed by atoms with E-state index in [1.807, 2.05) is 27.0 Å². The number of hydrogen-bond acceptors (Lipinski definition) is 8. The van der Waals surface area contributed by atoms with E-state index in [2.05, 4.69) is 60.0 Å². The number of ether oxygens (including phenoxy) is 2. The molecule has 2 aromatic heterocycles. The van der Waals surface area contributed by atoms with Crippen LogP contribution in [0.1, 0.15) is 74.7 Å². The Morgan fingerprint density at radius 2 is 1.88 bits per heavy atom. The lowest BCUT2D eigenvalue weighted by Gasteiger charge is -2.30. The minimum Gasteiger partial charge on any atom is -0.459 e. The number of carbonyl (C=O) groups excluding carboxylic acids is 2. The minimum absolute atomic E-state index is 0.0703. The number of nitrogens with zero attached hydrogens (tertiary/aromatic N) is 3. The van der Waals surface area contributed by atoms with Gasteiger partial charge in [-0.1, -0.05) is 32.0 Å². The fraction of sp³-hybridized carbons (Fsp3) is 0.514. The fourth-order valence-electron chi connectivity index (χ4n) is 6.65. The summed E-state index contributed by atoms with van der Waals surface area (Å²) < 4.78 is 11.4. The molecule has 1 atom stereocenters. The van der Waals surface area contributed by atoms with Crippen molar-refractivity contribution in [3.63, 3.8) is 0 Å². The smallest absolute Gasteiger partial charge is 0.323 e. The van der Waals surface area contributed by atoms with E-state index in [1.165, 1.54) is 16.1 Å². The van der Waals surface area contributed by atoms with Gasteiger partial charge in [-0.15, -0.1) is 11.3 Å². The Balaban J connectivity index is 1.31. The van der Waals surface area contributed by atoms with Crippen LogP contribution in [0.5, 0.6) is 0 Å². The van der Waals surface area contributed by atoms with Crippen LogP contribution >= 0.6 is 11.3 Å². The van der Waals surface area contributed by atoms with Crippen molar-refractivity contribution in [1.82, 2.24) is 9.88 Å². The van der Waals surface area contributed by atoms with Crippen molar-refractivity contribution in [3.05, 3.63) is 58.6 Å². The Morgan fingerprint density at radius 3 is 2.65 bits per heavy atom. The number of hydrogen-bond donors (Lipinski definition) is 0. The Labute approximate surface area is 259 Å². The number of carbonyl (C=O) groups is 2. The molecule has 1 aliphatic carbocycles. The van der Waals surface area contributed by atoms with E-state index in [1.54, 1.807) is 11.3 Å². The van der Waals surface area contributed by atoms with Crippen molar-refractivity contribution >= 4 is 28.1 Å². The van der Waals surface area contributed by atoms with Gasteiger partial charge in [0.2, 0.25) is 0 Å². The maximum absolute atomic E-state index is 13.3. The van der Waals surface area contributed by atoms with Gasteiger partial charge in [0.25, 0.3) is 0 Å². The zero-order valence-corrected chi connectivity index (χ0v) is 26.9. The average Bonchev–Trinajstić information content (AvgIpc) is 3.57. The van der Waals surface area contributed by atoms with Gasteiger partial charge in [0.15, 0.2) is 5.78 Å². The molecule has 6 rings (SSSR count). The molecule has 0 unspecified atom stereocenters. The van der Waals surface area contributed by atoms with Gasteiger partial charge in [0.05, 0.1) is 28.8 Å². The number of rotatable bonds is 6. The van der Waals surface area contributed by atoms with Gasteiger partial charge in [-0.2, -0.15) is 0 Å². The summed E-state index contributed by atoms with van der Waals surface area (Å²) in [7, 11) is 0. The first-order valence-electron chi connectivity index (χ1n) is 15.5. The minimum atomic E-state index is -0.492. The second kappa shape index (κ2) is 11.8. The van der Waals surface area contributed by atoms with Gasteiger partial charge < -0.3 is 14.4 Å². The SMILES string of the molecule is CC1(C)CC(=O)c2sc(N3CCOCC3)c(-c3ccnc(-c4cccc(CN5CCC[C@H]5C(=O)OC(C)(C)C)c4)c3)c2C1. The molecule has 228 valence electrons. The standard InChI is InChI=1S/C35H43N3O4S/c1-34(2,3)42-33(40)28-10-7-13-38(28)22-23-8-6-9-24(18-23)27-19-25(11-12-36-27)30-26-20-35(4,5)21-29(39)31(26)43-32(30)37-14-16-41-17-15-37/h6,8-9,11-12,18-19,28H,7,10,13-17,20-22H2,1-5H3/t28-/m0/s1. The van der Waals surface area contributed by atoms with E-state index >= 15 is 0 Å². The molecule has 0 N–H and O–H groups in total. The lowest BCUT2D eigenvalue weighted by Crippen LogP contribution is -2.40. The molecule has 3 aromatic rings. The summed E-state index contributed by atoms with van der Waals surface area (Å²) in [5, 5.41) is 1.17. The number of esters is 1. The average molecular weight is 602 g/mol. The summed E-state index contributed by atoms with van der Waals surface area (Å²) in [6.07, 6.45) is 5.17. The maximum atomic E-state index is 13.3. The zero-order chi connectivity index (χ0) is 30.4. The van der Waals surface area contributed by atoms with E-state index < -0.39 is 5.60 Å². The van der Waals surface area contributed by atoms with Crippen LogP contribution in [0.3, 0.4) is 0 Å². The quantitative estimate of drug-likeness (QED) is 0.289. The topological polar surface area (TPSA) is 72.0 Å². The molecule has 2 saturated heterocycles. The molecule has 0 amide bonds. The third kappa shape index (κ3) is 6.56. The first-order chi connectivity index (χ1) is 20.5. The fourth-order valence-corrected chi connectivity index (χ4v) is 7.98. The lowest BCUT2D eigenvalue weighted by atomic mass is 9.75. The van der Waals surface area contributed by atoms with Gasteiger partial charge in [-0.05, 0) is 86.9 Å². The number of pyridine rings is 1. The van der Waals surface area contributed by atoms with Crippen LogP contribution in [-0.4, -0.2) is 66.1 Å². The molecule has 3 aliphatic rings. The second-order valence-electron chi connectivity index (χ2n) is 13.9. The molecule has 0 saturated carbocycles. The number of anilines is 1. The van der Waals surface area contributed by atoms with Crippen molar-refractivity contribution in [2.24, 2.45) is 5.41 Å². The number of morpholine rings is 1. The van der Waals surface area contributed by atoms with E-state index in [-0.39, 0.29) is 23.2 Å². The highest BCUT2D eigenvalue weighted by Crippen LogP contribution is 2.49. The third-order valence-electron chi connectivity index (χ3n) is 8.53. The molecule has 0 spiro atoms. The van der Waals surface area contributed by atoms with Gasteiger partial charge >= 0.3 is 5.97 Å². The first-order valence-corrected chi connectivity index (χ1v) is 16.3. The van der Waals surface area contributed by atoms with E-state index in [9.17, 15) is 9.59 Å². The largest absolute Gasteiger partial charge is 0.459 e. The van der Waals surface area contributed by atoms with E-state index in [4.69, 9.17) is 14.5 Å². The number of ketones is 1.